The highest BCUT2D eigenvalue weighted by atomic mass is 19.4. The van der Waals surface area contributed by atoms with Crippen LogP contribution in [-0.4, -0.2) is 29.6 Å². The van der Waals surface area contributed by atoms with Crippen LogP contribution in [0.4, 0.5) is 35.1 Å². The Morgan fingerprint density at radius 2 is 1.19 bits per heavy atom. The summed E-state index contributed by atoms with van der Waals surface area (Å²) in [5.41, 5.74) is -4.58. The summed E-state index contributed by atoms with van der Waals surface area (Å²) in [7, 11) is 0. The highest BCUT2D eigenvalue weighted by Crippen LogP contribution is 2.65. The third kappa shape index (κ3) is 1.05. The number of hydrogen-bond acceptors (Lipinski definition) is 0. The van der Waals surface area contributed by atoms with Gasteiger partial charge in [-0.2, -0.15) is 26.3 Å². The zero-order valence-corrected chi connectivity index (χ0v) is 8.18. The summed E-state index contributed by atoms with van der Waals surface area (Å²) in [5, 5.41) is 0. The van der Waals surface area contributed by atoms with Gasteiger partial charge in [-0.15, -0.1) is 0 Å². The second-order valence-electron chi connectivity index (χ2n) is 4.06. The van der Waals surface area contributed by atoms with Gasteiger partial charge in [0.05, 0.1) is 0 Å². The molecular formula is C8H8F8. The molecule has 0 aliphatic heterocycles. The van der Waals surface area contributed by atoms with E-state index < -0.39 is 35.5 Å². The van der Waals surface area contributed by atoms with E-state index in [1.807, 2.05) is 0 Å². The predicted molar refractivity (Wildman–Crippen MR) is 38.4 cm³/mol. The fourth-order valence-electron chi connectivity index (χ4n) is 1.69. The van der Waals surface area contributed by atoms with Crippen LogP contribution in [0.15, 0.2) is 0 Å². The second kappa shape index (κ2) is 3.01. The Morgan fingerprint density at radius 1 is 0.812 bits per heavy atom. The number of halogens is 8. The average Bonchev–Trinajstić information content (AvgIpc) is 2.18. The molecule has 16 heavy (non-hydrogen) atoms. The molecular weight excluding hydrogens is 248 g/mol. The van der Waals surface area contributed by atoms with Crippen LogP contribution in [0.5, 0.6) is 0 Å². The van der Waals surface area contributed by atoms with Gasteiger partial charge in [-0.25, -0.2) is 8.78 Å². The van der Waals surface area contributed by atoms with Crippen molar-refractivity contribution >= 4 is 0 Å². The van der Waals surface area contributed by atoms with Crippen LogP contribution in [0.25, 0.3) is 0 Å². The van der Waals surface area contributed by atoms with Gasteiger partial charge < -0.3 is 0 Å². The quantitative estimate of drug-likeness (QED) is 0.629. The molecule has 2 atom stereocenters. The van der Waals surface area contributed by atoms with Crippen molar-refractivity contribution in [3.05, 3.63) is 0 Å². The fraction of sp³-hybridized carbons (Fsp3) is 1.00. The van der Waals surface area contributed by atoms with Gasteiger partial charge in [0.15, 0.2) is 0 Å². The lowest BCUT2D eigenvalue weighted by molar-refractivity contribution is -0.291. The number of hydrogen-bond donors (Lipinski definition) is 0. The Bertz CT molecular complexity index is 296. The maximum Gasteiger partial charge on any atom is 0.378 e. The lowest BCUT2D eigenvalue weighted by Gasteiger charge is -2.31. The van der Waals surface area contributed by atoms with E-state index in [1.165, 1.54) is 0 Å². The Balaban J connectivity index is 3.47. The van der Waals surface area contributed by atoms with E-state index in [0.29, 0.717) is 13.8 Å². The van der Waals surface area contributed by atoms with Crippen LogP contribution >= 0.6 is 0 Å². The third-order valence-electron chi connectivity index (χ3n) is 2.82. The van der Waals surface area contributed by atoms with Crippen molar-refractivity contribution in [1.29, 1.82) is 0 Å². The first-order valence-corrected chi connectivity index (χ1v) is 4.31. The van der Waals surface area contributed by atoms with E-state index in [2.05, 4.69) is 0 Å². The highest BCUT2D eigenvalue weighted by molar-refractivity contribution is 5.23. The largest absolute Gasteiger partial charge is 0.378 e. The van der Waals surface area contributed by atoms with E-state index in [-0.39, 0.29) is 0 Å². The molecule has 2 unspecified atom stereocenters. The van der Waals surface area contributed by atoms with Gasteiger partial charge >= 0.3 is 17.8 Å². The van der Waals surface area contributed by atoms with Gasteiger partial charge in [0, 0.05) is 0 Å². The summed E-state index contributed by atoms with van der Waals surface area (Å²) < 4.78 is 103. The zero-order valence-electron chi connectivity index (χ0n) is 8.18. The van der Waals surface area contributed by atoms with Gasteiger partial charge in [0.1, 0.15) is 0 Å². The Hall–Kier alpha value is -0.560. The van der Waals surface area contributed by atoms with E-state index in [0.717, 1.165) is 0 Å². The van der Waals surface area contributed by atoms with Gasteiger partial charge in [0.25, 0.3) is 0 Å². The third-order valence-corrected chi connectivity index (χ3v) is 2.82. The first-order chi connectivity index (χ1) is 6.85. The summed E-state index contributed by atoms with van der Waals surface area (Å²) in [4.78, 5) is 0. The normalized spacial score (nSPS) is 40.3. The molecule has 1 fully saturated rings. The maximum atomic E-state index is 13.5. The van der Waals surface area contributed by atoms with E-state index in [1.54, 1.807) is 0 Å². The smallest absolute Gasteiger partial charge is 0.237 e. The topological polar surface area (TPSA) is 0 Å². The van der Waals surface area contributed by atoms with Gasteiger partial charge in [-0.05, 0) is 5.92 Å². The molecule has 0 bridgehead atoms. The van der Waals surface area contributed by atoms with Crippen molar-refractivity contribution in [2.45, 2.75) is 43.5 Å². The molecule has 1 rings (SSSR count). The van der Waals surface area contributed by atoms with Crippen LogP contribution in [0.3, 0.4) is 0 Å². The van der Waals surface area contributed by atoms with Crippen LogP contribution in [0.1, 0.15) is 13.8 Å². The van der Waals surface area contributed by atoms with E-state index in [4.69, 9.17) is 0 Å². The minimum atomic E-state index is -6.04. The van der Waals surface area contributed by atoms with Crippen molar-refractivity contribution < 1.29 is 35.1 Å². The first kappa shape index (κ1) is 13.5. The van der Waals surface area contributed by atoms with Gasteiger partial charge in [-0.1, -0.05) is 13.8 Å². The molecule has 0 saturated heterocycles. The molecule has 0 N–H and O–H groups in total. The van der Waals surface area contributed by atoms with Crippen LogP contribution in [0, 0.1) is 5.92 Å². The molecule has 1 aliphatic carbocycles. The van der Waals surface area contributed by atoms with E-state index in [9.17, 15) is 35.1 Å². The second-order valence-corrected chi connectivity index (χ2v) is 4.06. The summed E-state index contributed by atoms with van der Waals surface area (Å²) in [5.74, 6) is -19.5. The van der Waals surface area contributed by atoms with E-state index >= 15 is 0 Å². The molecule has 0 radical (unpaired) electrons. The Morgan fingerprint density at radius 3 is 1.31 bits per heavy atom. The summed E-state index contributed by atoms with van der Waals surface area (Å²) in [6.07, 6.45) is -4.25. The van der Waals surface area contributed by atoms with Crippen molar-refractivity contribution in [1.82, 2.24) is 0 Å². The number of alkyl halides is 8. The molecule has 1 aliphatic rings. The van der Waals surface area contributed by atoms with Crippen LogP contribution < -0.4 is 0 Å². The molecule has 0 aromatic carbocycles. The van der Waals surface area contributed by atoms with Gasteiger partial charge in [-0.3, -0.25) is 0 Å². The predicted octanol–water partition coefficient (Wildman–Crippen LogP) is 3.61. The van der Waals surface area contributed by atoms with Crippen molar-refractivity contribution in [3.8, 4) is 0 Å². The molecule has 0 spiro atoms. The van der Waals surface area contributed by atoms with Crippen LogP contribution in [-0.2, 0) is 0 Å². The molecule has 1 saturated carbocycles. The molecule has 0 aromatic heterocycles. The molecule has 0 aromatic rings. The van der Waals surface area contributed by atoms with Crippen molar-refractivity contribution in [2.24, 2.45) is 5.92 Å². The summed E-state index contributed by atoms with van der Waals surface area (Å²) in [6, 6.07) is 0. The zero-order chi connectivity index (χ0) is 13.2. The molecule has 96 valence electrons. The van der Waals surface area contributed by atoms with Crippen LogP contribution in [0.2, 0.25) is 0 Å². The van der Waals surface area contributed by atoms with Gasteiger partial charge in [0.2, 0.25) is 11.8 Å². The SMILES string of the molecule is CC(C)C1(F)C(F)C(F)(F)C(F)(F)C1(F)F. The monoisotopic (exact) mass is 256 g/mol. The number of rotatable bonds is 1. The Kier molecular flexibility index (Phi) is 2.54. The fourth-order valence-corrected chi connectivity index (χ4v) is 1.69. The average molecular weight is 256 g/mol. The highest BCUT2D eigenvalue weighted by Gasteiger charge is 2.93. The minimum absolute atomic E-state index is 0.637. The molecule has 8 heteroatoms. The first-order valence-electron chi connectivity index (χ1n) is 4.31. The lowest BCUT2D eigenvalue weighted by Crippen LogP contribution is -2.55. The maximum absolute atomic E-state index is 13.5. The molecule has 0 amide bonds. The minimum Gasteiger partial charge on any atom is -0.237 e. The lowest BCUT2D eigenvalue weighted by atomic mass is 9.86. The van der Waals surface area contributed by atoms with Crippen molar-refractivity contribution in [2.75, 3.05) is 0 Å². The molecule has 0 heterocycles. The summed E-state index contributed by atoms with van der Waals surface area (Å²) >= 11 is 0. The van der Waals surface area contributed by atoms with Crippen molar-refractivity contribution in [3.63, 3.8) is 0 Å². The Labute approximate surface area is 85.6 Å². The molecule has 0 nitrogen and oxygen atoms in total. The standard InChI is InChI=1S/C8H8F8/c1-3(2)5(10)4(9)6(11,12)8(15,16)7(5,13)14/h3-4H,1-2H3. The summed E-state index contributed by atoms with van der Waals surface area (Å²) in [6.45, 7) is 1.27.